The number of carbonyl (C=O) groups is 1. The predicted octanol–water partition coefficient (Wildman–Crippen LogP) is 3.60. The van der Waals surface area contributed by atoms with Crippen LogP contribution in [-0.4, -0.2) is 44.5 Å². The number of nitrogens with zero attached hydrogens (tertiary/aromatic N) is 3. The SMILES string of the molecule is CCCCNc1ncc(-c2ccc(CC(C)=O)cn2)c(NC2CCC(O)CC2)n1. The molecule has 1 fully saturated rings. The van der Waals surface area contributed by atoms with E-state index in [0.29, 0.717) is 12.4 Å². The minimum Gasteiger partial charge on any atom is -0.393 e. The summed E-state index contributed by atoms with van der Waals surface area (Å²) in [5.41, 5.74) is 2.51. The van der Waals surface area contributed by atoms with E-state index in [0.717, 1.165) is 67.7 Å². The average molecular weight is 398 g/mol. The fourth-order valence-electron chi connectivity index (χ4n) is 3.53. The molecule has 0 atom stereocenters. The normalized spacial score (nSPS) is 19.0. The topological polar surface area (TPSA) is 100 Å². The zero-order valence-corrected chi connectivity index (χ0v) is 17.3. The van der Waals surface area contributed by atoms with Crippen molar-refractivity contribution in [2.24, 2.45) is 0 Å². The van der Waals surface area contributed by atoms with E-state index in [-0.39, 0.29) is 17.9 Å². The van der Waals surface area contributed by atoms with Gasteiger partial charge in [-0.05, 0) is 50.7 Å². The Hall–Kier alpha value is -2.54. The van der Waals surface area contributed by atoms with Gasteiger partial charge in [0.1, 0.15) is 11.6 Å². The molecule has 1 aliphatic carbocycles. The second kappa shape index (κ2) is 10.3. The Morgan fingerprint density at radius 3 is 2.62 bits per heavy atom. The third kappa shape index (κ3) is 6.22. The van der Waals surface area contributed by atoms with Gasteiger partial charge in [0.05, 0.1) is 17.4 Å². The van der Waals surface area contributed by atoms with Gasteiger partial charge in [-0.15, -0.1) is 0 Å². The minimum atomic E-state index is -0.195. The maximum absolute atomic E-state index is 11.3. The molecule has 7 heteroatoms. The smallest absolute Gasteiger partial charge is 0.224 e. The third-order valence-electron chi connectivity index (χ3n) is 5.19. The van der Waals surface area contributed by atoms with Crippen LogP contribution < -0.4 is 10.6 Å². The fraction of sp³-hybridized carbons (Fsp3) is 0.545. The van der Waals surface area contributed by atoms with E-state index in [1.54, 1.807) is 19.3 Å². The molecule has 0 unspecified atom stereocenters. The number of Topliss-reactive ketones (excluding diaryl/α,β-unsaturated/α-hetero) is 1. The van der Waals surface area contributed by atoms with Crippen LogP contribution in [0.15, 0.2) is 24.5 Å². The van der Waals surface area contributed by atoms with Crippen molar-refractivity contribution in [3.8, 4) is 11.3 Å². The standard InChI is InChI=1S/C22H31N5O2/c1-3-4-11-23-22-25-14-19(20-10-5-16(13-24-20)12-15(2)28)21(27-22)26-17-6-8-18(29)9-7-17/h5,10,13-14,17-18,29H,3-4,6-9,11-12H2,1-2H3,(H2,23,25,26,27). The van der Waals surface area contributed by atoms with Gasteiger partial charge in [-0.1, -0.05) is 19.4 Å². The lowest BCUT2D eigenvalue weighted by molar-refractivity contribution is -0.116. The third-order valence-corrected chi connectivity index (χ3v) is 5.19. The van der Waals surface area contributed by atoms with Crippen molar-refractivity contribution in [2.45, 2.75) is 70.9 Å². The second-order valence-electron chi connectivity index (χ2n) is 7.82. The van der Waals surface area contributed by atoms with Crippen LogP contribution in [-0.2, 0) is 11.2 Å². The molecule has 29 heavy (non-hydrogen) atoms. The van der Waals surface area contributed by atoms with Crippen molar-refractivity contribution >= 4 is 17.5 Å². The van der Waals surface area contributed by atoms with Gasteiger partial charge in [-0.3, -0.25) is 9.78 Å². The molecule has 2 aromatic heterocycles. The van der Waals surface area contributed by atoms with Crippen LogP contribution in [0.3, 0.4) is 0 Å². The summed E-state index contributed by atoms with van der Waals surface area (Å²) in [5.74, 6) is 1.48. The van der Waals surface area contributed by atoms with Crippen LogP contribution in [0, 0.1) is 0 Å². The summed E-state index contributed by atoms with van der Waals surface area (Å²) in [6, 6.07) is 4.11. The number of unbranched alkanes of at least 4 members (excludes halogenated alkanes) is 1. The van der Waals surface area contributed by atoms with Gasteiger partial charge >= 0.3 is 0 Å². The molecule has 156 valence electrons. The first kappa shape index (κ1) is 21.2. The Bertz CT molecular complexity index is 801. The fourth-order valence-corrected chi connectivity index (χ4v) is 3.53. The summed E-state index contributed by atoms with van der Waals surface area (Å²) < 4.78 is 0. The van der Waals surface area contributed by atoms with Crippen LogP contribution in [0.1, 0.15) is 57.9 Å². The Labute approximate surface area is 172 Å². The number of rotatable bonds is 9. The van der Waals surface area contributed by atoms with Crippen LogP contribution >= 0.6 is 0 Å². The highest BCUT2D eigenvalue weighted by Crippen LogP contribution is 2.29. The number of carbonyl (C=O) groups excluding carboxylic acids is 1. The quantitative estimate of drug-likeness (QED) is 0.556. The molecule has 0 bridgehead atoms. The van der Waals surface area contributed by atoms with Crippen molar-refractivity contribution in [3.63, 3.8) is 0 Å². The van der Waals surface area contributed by atoms with Gasteiger partial charge < -0.3 is 15.7 Å². The molecule has 0 radical (unpaired) electrons. The summed E-state index contributed by atoms with van der Waals surface area (Å²) in [7, 11) is 0. The van der Waals surface area contributed by atoms with E-state index in [9.17, 15) is 9.90 Å². The molecule has 2 aromatic rings. The molecular formula is C22H31N5O2. The number of aromatic nitrogens is 3. The maximum Gasteiger partial charge on any atom is 0.224 e. The van der Waals surface area contributed by atoms with E-state index < -0.39 is 0 Å². The first-order valence-corrected chi connectivity index (χ1v) is 10.6. The molecule has 0 amide bonds. The molecule has 0 spiro atoms. The number of ketones is 1. The minimum absolute atomic E-state index is 0.118. The zero-order valence-electron chi connectivity index (χ0n) is 17.3. The van der Waals surface area contributed by atoms with E-state index >= 15 is 0 Å². The Morgan fingerprint density at radius 1 is 1.17 bits per heavy atom. The molecule has 1 saturated carbocycles. The predicted molar refractivity (Wildman–Crippen MR) is 115 cm³/mol. The number of anilines is 2. The van der Waals surface area contributed by atoms with E-state index in [1.165, 1.54) is 0 Å². The van der Waals surface area contributed by atoms with Crippen molar-refractivity contribution in [1.29, 1.82) is 0 Å². The van der Waals surface area contributed by atoms with Crippen LogP contribution in [0.25, 0.3) is 11.3 Å². The molecule has 3 rings (SSSR count). The number of pyridine rings is 1. The summed E-state index contributed by atoms with van der Waals surface area (Å²) in [4.78, 5) is 25.1. The van der Waals surface area contributed by atoms with E-state index in [1.807, 2.05) is 12.1 Å². The molecule has 3 N–H and O–H groups in total. The molecule has 7 nitrogen and oxygen atoms in total. The number of hydrogen-bond acceptors (Lipinski definition) is 7. The first-order chi connectivity index (χ1) is 14.0. The van der Waals surface area contributed by atoms with Crippen molar-refractivity contribution < 1.29 is 9.90 Å². The number of nitrogens with one attached hydrogen (secondary N) is 2. The maximum atomic E-state index is 11.3. The van der Waals surface area contributed by atoms with Crippen molar-refractivity contribution in [3.05, 3.63) is 30.1 Å². The monoisotopic (exact) mass is 397 g/mol. The lowest BCUT2D eigenvalue weighted by atomic mass is 9.93. The van der Waals surface area contributed by atoms with E-state index in [2.05, 4.69) is 27.5 Å². The first-order valence-electron chi connectivity index (χ1n) is 10.6. The lowest BCUT2D eigenvalue weighted by Crippen LogP contribution is -2.29. The van der Waals surface area contributed by atoms with Gasteiger partial charge in [0.2, 0.25) is 5.95 Å². The Morgan fingerprint density at radius 2 is 1.97 bits per heavy atom. The molecular weight excluding hydrogens is 366 g/mol. The zero-order chi connectivity index (χ0) is 20.6. The van der Waals surface area contributed by atoms with Gasteiger partial charge in [-0.2, -0.15) is 4.98 Å². The van der Waals surface area contributed by atoms with Gasteiger partial charge in [0.25, 0.3) is 0 Å². The second-order valence-corrected chi connectivity index (χ2v) is 7.82. The number of aliphatic hydroxyl groups excluding tert-OH is 1. The van der Waals surface area contributed by atoms with Gasteiger partial charge in [0, 0.05) is 31.4 Å². The number of hydrogen-bond donors (Lipinski definition) is 3. The Balaban J connectivity index is 1.82. The van der Waals surface area contributed by atoms with Crippen LogP contribution in [0.2, 0.25) is 0 Å². The van der Waals surface area contributed by atoms with Crippen LogP contribution in [0.5, 0.6) is 0 Å². The van der Waals surface area contributed by atoms with Gasteiger partial charge in [0.15, 0.2) is 0 Å². The van der Waals surface area contributed by atoms with Crippen molar-refractivity contribution in [1.82, 2.24) is 15.0 Å². The highest BCUT2D eigenvalue weighted by Gasteiger charge is 2.21. The molecule has 0 aliphatic heterocycles. The Kier molecular flexibility index (Phi) is 7.52. The average Bonchev–Trinajstić information content (AvgIpc) is 2.71. The summed E-state index contributed by atoms with van der Waals surface area (Å²) in [6.45, 7) is 4.57. The van der Waals surface area contributed by atoms with E-state index in [4.69, 9.17) is 4.98 Å². The molecule has 1 aliphatic rings. The summed E-state index contributed by atoms with van der Waals surface area (Å²) in [5, 5.41) is 16.6. The number of aliphatic hydroxyl groups is 1. The van der Waals surface area contributed by atoms with Gasteiger partial charge in [-0.25, -0.2) is 4.98 Å². The summed E-state index contributed by atoms with van der Waals surface area (Å²) in [6.07, 6.45) is 9.33. The van der Waals surface area contributed by atoms with Crippen LogP contribution in [0.4, 0.5) is 11.8 Å². The van der Waals surface area contributed by atoms with Crippen molar-refractivity contribution in [2.75, 3.05) is 17.2 Å². The molecule has 0 aromatic carbocycles. The highest BCUT2D eigenvalue weighted by molar-refractivity contribution is 5.78. The summed E-state index contributed by atoms with van der Waals surface area (Å²) >= 11 is 0. The lowest BCUT2D eigenvalue weighted by Gasteiger charge is -2.27. The highest BCUT2D eigenvalue weighted by atomic mass is 16.3. The molecule has 2 heterocycles. The largest absolute Gasteiger partial charge is 0.393 e. The molecule has 0 saturated heterocycles.